The molecule has 23 heavy (non-hydrogen) atoms. The number of amides is 1. The van der Waals surface area contributed by atoms with Gasteiger partial charge in [-0.2, -0.15) is 0 Å². The van der Waals surface area contributed by atoms with Gasteiger partial charge in [0.25, 0.3) is 0 Å². The molecular formula is C20H37NO2. The summed E-state index contributed by atoms with van der Waals surface area (Å²) in [6.07, 6.45) is 13.6. The third-order valence-electron chi connectivity index (χ3n) is 4.57. The molecule has 0 N–H and O–H groups in total. The molecule has 0 bridgehead atoms. The topological polar surface area (TPSA) is 29.5 Å². The Bertz CT molecular complexity index is 359. The largest absolute Gasteiger partial charge is 0.444 e. The van der Waals surface area contributed by atoms with Crippen molar-refractivity contribution < 1.29 is 9.53 Å². The molecule has 0 unspecified atom stereocenters. The summed E-state index contributed by atoms with van der Waals surface area (Å²) in [6.45, 7) is 11.9. The van der Waals surface area contributed by atoms with E-state index in [0.717, 1.165) is 32.1 Å². The highest BCUT2D eigenvalue weighted by atomic mass is 16.6. The molecule has 1 amide bonds. The monoisotopic (exact) mass is 323 g/mol. The lowest BCUT2D eigenvalue weighted by Gasteiger charge is -2.32. The molecule has 1 heterocycles. The van der Waals surface area contributed by atoms with E-state index in [2.05, 4.69) is 18.4 Å². The molecule has 0 aliphatic carbocycles. The van der Waals surface area contributed by atoms with Gasteiger partial charge >= 0.3 is 6.09 Å². The van der Waals surface area contributed by atoms with Gasteiger partial charge in [-0.05, 0) is 52.9 Å². The summed E-state index contributed by atoms with van der Waals surface area (Å²) in [4.78, 5) is 14.7. The SMILES string of the molecule is C=CCC[C@H]1CC[C@@H](CCCCCCC)N1C(=O)OC(C)(C)C. The second-order valence-electron chi connectivity index (χ2n) is 7.84. The lowest BCUT2D eigenvalue weighted by Crippen LogP contribution is -2.44. The first-order chi connectivity index (χ1) is 10.9. The van der Waals surface area contributed by atoms with Gasteiger partial charge in [0, 0.05) is 12.1 Å². The minimum absolute atomic E-state index is 0.123. The Morgan fingerprint density at radius 1 is 1.13 bits per heavy atom. The molecule has 1 saturated heterocycles. The van der Waals surface area contributed by atoms with E-state index in [1.54, 1.807) is 0 Å². The maximum Gasteiger partial charge on any atom is 0.410 e. The third kappa shape index (κ3) is 7.41. The fraction of sp³-hybridized carbons (Fsp3) is 0.850. The number of likely N-dealkylation sites (tertiary alicyclic amines) is 1. The molecule has 3 nitrogen and oxygen atoms in total. The second-order valence-corrected chi connectivity index (χ2v) is 7.84. The molecular weight excluding hydrogens is 286 g/mol. The summed E-state index contributed by atoms with van der Waals surface area (Å²) in [6, 6.07) is 0.685. The quantitative estimate of drug-likeness (QED) is 0.380. The van der Waals surface area contributed by atoms with Gasteiger partial charge in [0.05, 0.1) is 0 Å². The van der Waals surface area contributed by atoms with Crippen molar-refractivity contribution in [3.05, 3.63) is 12.7 Å². The minimum atomic E-state index is -0.422. The summed E-state index contributed by atoms with van der Waals surface area (Å²) in [5.74, 6) is 0. The van der Waals surface area contributed by atoms with E-state index < -0.39 is 5.60 Å². The predicted molar refractivity (Wildman–Crippen MR) is 97.7 cm³/mol. The van der Waals surface area contributed by atoms with E-state index in [4.69, 9.17) is 4.74 Å². The minimum Gasteiger partial charge on any atom is -0.444 e. The number of ether oxygens (including phenoxy) is 1. The highest BCUT2D eigenvalue weighted by Gasteiger charge is 2.38. The van der Waals surface area contributed by atoms with Crippen LogP contribution in [0.25, 0.3) is 0 Å². The molecule has 1 aliphatic heterocycles. The molecule has 134 valence electrons. The van der Waals surface area contributed by atoms with Crippen LogP contribution in [0.4, 0.5) is 4.79 Å². The zero-order chi connectivity index (χ0) is 17.3. The number of allylic oxidation sites excluding steroid dienone is 1. The van der Waals surface area contributed by atoms with Crippen molar-refractivity contribution in [2.45, 2.75) is 110 Å². The van der Waals surface area contributed by atoms with Crippen molar-refractivity contribution >= 4 is 6.09 Å². The van der Waals surface area contributed by atoms with Crippen LogP contribution < -0.4 is 0 Å². The van der Waals surface area contributed by atoms with Crippen LogP contribution in [0.5, 0.6) is 0 Å². The molecule has 0 aromatic rings. The Hall–Kier alpha value is -0.990. The van der Waals surface area contributed by atoms with Crippen LogP contribution in [-0.2, 0) is 4.74 Å². The summed E-state index contributed by atoms with van der Waals surface area (Å²) in [5.41, 5.74) is -0.422. The third-order valence-corrected chi connectivity index (χ3v) is 4.57. The van der Waals surface area contributed by atoms with Gasteiger partial charge in [0.2, 0.25) is 0 Å². The number of carbonyl (C=O) groups excluding carboxylic acids is 1. The van der Waals surface area contributed by atoms with Crippen LogP contribution in [0.2, 0.25) is 0 Å². The van der Waals surface area contributed by atoms with Gasteiger partial charge in [-0.15, -0.1) is 6.58 Å². The lowest BCUT2D eigenvalue weighted by molar-refractivity contribution is 0.0131. The van der Waals surface area contributed by atoms with Crippen molar-refractivity contribution in [3.63, 3.8) is 0 Å². The Balaban J connectivity index is 2.59. The molecule has 1 rings (SSSR count). The molecule has 2 atom stereocenters. The van der Waals surface area contributed by atoms with E-state index in [1.165, 1.54) is 32.1 Å². The number of hydrogen-bond acceptors (Lipinski definition) is 2. The van der Waals surface area contributed by atoms with E-state index in [0.29, 0.717) is 12.1 Å². The summed E-state index contributed by atoms with van der Waals surface area (Å²) in [7, 11) is 0. The number of nitrogens with zero attached hydrogens (tertiary/aromatic N) is 1. The van der Waals surface area contributed by atoms with Crippen molar-refractivity contribution in [1.29, 1.82) is 0 Å². The van der Waals surface area contributed by atoms with E-state index >= 15 is 0 Å². The van der Waals surface area contributed by atoms with E-state index in [9.17, 15) is 4.79 Å². The maximum atomic E-state index is 12.7. The predicted octanol–water partition coefficient (Wildman–Crippen LogP) is 6.08. The van der Waals surface area contributed by atoms with Gasteiger partial charge in [-0.1, -0.05) is 45.1 Å². The van der Waals surface area contributed by atoms with E-state index in [-0.39, 0.29) is 6.09 Å². The first kappa shape index (κ1) is 20.1. The normalized spacial score (nSPS) is 21.5. The van der Waals surface area contributed by atoms with Gasteiger partial charge in [-0.3, -0.25) is 0 Å². The Kier molecular flexibility index (Phi) is 8.72. The molecule has 1 fully saturated rings. The highest BCUT2D eigenvalue weighted by molar-refractivity contribution is 5.69. The zero-order valence-electron chi connectivity index (χ0n) is 15.8. The van der Waals surface area contributed by atoms with Crippen LogP contribution >= 0.6 is 0 Å². The first-order valence-corrected chi connectivity index (χ1v) is 9.51. The van der Waals surface area contributed by atoms with Crippen LogP contribution in [0.1, 0.15) is 91.9 Å². The zero-order valence-corrected chi connectivity index (χ0v) is 15.8. The van der Waals surface area contributed by atoms with Crippen LogP contribution in [-0.4, -0.2) is 28.7 Å². The molecule has 0 aromatic carbocycles. The maximum absolute atomic E-state index is 12.7. The molecule has 0 aromatic heterocycles. The van der Waals surface area contributed by atoms with Crippen molar-refractivity contribution in [1.82, 2.24) is 4.90 Å². The van der Waals surface area contributed by atoms with Crippen LogP contribution in [0.3, 0.4) is 0 Å². The highest BCUT2D eigenvalue weighted by Crippen LogP contribution is 2.32. The summed E-state index contributed by atoms with van der Waals surface area (Å²) < 4.78 is 5.67. The Morgan fingerprint density at radius 2 is 1.74 bits per heavy atom. The Labute approximate surface area is 143 Å². The number of carbonyl (C=O) groups is 1. The van der Waals surface area contributed by atoms with E-state index in [1.807, 2.05) is 26.8 Å². The molecule has 0 spiro atoms. The standard InChI is InChI=1S/C20H37NO2/c1-6-8-10-11-12-14-18-16-15-17(13-9-7-2)21(18)19(22)23-20(3,4)5/h7,17-18H,2,6,8-16H2,1,3-5H3/t17-,18+/m0/s1. The number of hydrogen-bond donors (Lipinski definition) is 0. The second kappa shape index (κ2) is 10.00. The molecule has 1 aliphatic rings. The van der Waals surface area contributed by atoms with Crippen molar-refractivity contribution in [3.8, 4) is 0 Å². The average Bonchev–Trinajstić information content (AvgIpc) is 2.86. The first-order valence-electron chi connectivity index (χ1n) is 9.51. The van der Waals surface area contributed by atoms with Crippen molar-refractivity contribution in [2.24, 2.45) is 0 Å². The summed E-state index contributed by atoms with van der Waals surface area (Å²) in [5, 5.41) is 0. The fourth-order valence-electron chi connectivity index (χ4n) is 3.43. The lowest BCUT2D eigenvalue weighted by atomic mass is 10.0. The van der Waals surface area contributed by atoms with Gasteiger partial charge in [-0.25, -0.2) is 4.79 Å². The van der Waals surface area contributed by atoms with Gasteiger partial charge in [0.1, 0.15) is 5.60 Å². The molecule has 0 radical (unpaired) electrons. The summed E-state index contributed by atoms with van der Waals surface area (Å²) >= 11 is 0. The Morgan fingerprint density at radius 3 is 2.30 bits per heavy atom. The van der Waals surface area contributed by atoms with Crippen LogP contribution in [0.15, 0.2) is 12.7 Å². The molecule has 3 heteroatoms. The average molecular weight is 324 g/mol. The van der Waals surface area contributed by atoms with Gasteiger partial charge < -0.3 is 9.64 Å². The molecule has 0 saturated carbocycles. The van der Waals surface area contributed by atoms with Gasteiger partial charge in [0.15, 0.2) is 0 Å². The van der Waals surface area contributed by atoms with Crippen LogP contribution in [0, 0.1) is 0 Å². The number of rotatable bonds is 9. The smallest absolute Gasteiger partial charge is 0.410 e. The van der Waals surface area contributed by atoms with Crippen molar-refractivity contribution in [2.75, 3.05) is 0 Å². The number of unbranched alkanes of at least 4 members (excludes halogenated alkanes) is 4. The fourth-order valence-corrected chi connectivity index (χ4v) is 3.43.